The minimum Gasteiger partial charge on any atom is -0.456 e. The summed E-state index contributed by atoms with van der Waals surface area (Å²) in [6.45, 7) is 14.4. The molecule has 6 heteroatoms. The molecule has 0 N–H and O–H groups in total. The first-order valence-electron chi connectivity index (χ1n) is 20.8. The molecule has 0 radical (unpaired) electrons. The predicted molar refractivity (Wildman–Crippen MR) is 262 cm³/mol. The Hall–Kier alpha value is -6.61. The lowest BCUT2D eigenvalue weighted by atomic mass is 10.0. The summed E-state index contributed by atoms with van der Waals surface area (Å²) >= 11 is 0. The van der Waals surface area contributed by atoms with Crippen LogP contribution in [0.2, 0.25) is 39.3 Å². The molecule has 0 atom stereocenters. The highest BCUT2D eigenvalue weighted by molar-refractivity contribution is 6.89. The van der Waals surface area contributed by atoms with Crippen LogP contribution in [-0.2, 0) is 0 Å². The molecule has 2 heterocycles. The first-order chi connectivity index (χ1) is 29.0. The molecule has 8 aromatic carbocycles. The van der Waals surface area contributed by atoms with Crippen molar-refractivity contribution in [1.82, 2.24) is 0 Å². The Morgan fingerprint density at radius 1 is 0.300 bits per heavy atom. The minimum atomic E-state index is -1.50. The average molecular weight is 813 g/mol. The maximum absolute atomic E-state index is 6.34. The molecule has 10 rings (SSSR count). The van der Waals surface area contributed by atoms with Gasteiger partial charge >= 0.3 is 0 Å². The average Bonchev–Trinajstić information content (AvgIpc) is 3.82. The van der Waals surface area contributed by atoms with Gasteiger partial charge in [0.15, 0.2) is 0 Å². The summed E-state index contributed by atoms with van der Waals surface area (Å²) in [6.07, 6.45) is 0. The van der Waals surface area contributed by atoms with Gasteiger partial charge in [-0.25, -0.2) is 0 Å². The molecule has 0 amide bonds. The number of nitrogens with zero attached hydrogens (tertiary/aromatic N) is 2. The Morgan fingerprint density at radius 2 is 0.600 bits per heavy atom. The molecular weight excluding hydrogens is 765 g/mol. The van der Waals surface area contributed by atoms with Crippen LogP contribution in [0.1, 0.15) is 0 Å². The van der Waals surface area contributed by atoms with E-state index in [-0.39, 0.29) is 0 Å². The van der Waals surface area contributed by atoms with Crippen molar-refractivity contribution in [2.24, 2.45) is 0 Å². The monoisotopic (exact) mass is 812 g/mol. The largest absolute Gasteiger partial charge is 0.456 e. The maximum Gasteiger partial charge on any atom is 0.135 e. The molecule has 0 saturated carbocycles. The molecule has 0 bridgehead atoms. The maximum atomic E-state index is 6.34. The molecule has 2 aromatic heterocycles. The van der Waals surface area contributed by atoms with E-state index < -0.39 is 16.1 Å². The molecule has 0 fully saturated rings. The van der Waals surface area contributed by atoms with E-state index >= 15 is 0 Å². The fourth-order valence-corrected chi connectivity index (χ4v) is 10.7. The van der Waals surface area contributed by atoms with E-state index in [2.05, 4.69) is 231 Å². The normalized spacial score (nSPS) is 12.2. The molecule has 4 nitrogen and oxygen atoms in total. The second-order valence-corrected chi connectivity index (χ2v) is 28.1. The lowest BCUT2D eigenvalue weighted by Gasteiger charge is -2.26. The Morgan fingerprint density at radius 3 is 0.950 bits per heavy atom. The second-order valence-electron chi connectivity index (χ2n) is 17.9. The lowest BCUT2D eigenvalue weighted by Crippen LogP contribution is -2.37. The standard InChI is InChI=1S/C54H48N2O2Si2/c1-59(2,3)45-27-31-53-49(35-45)47-33-43(25-29-51(47)57-53)55(39-13-9-7-10-14-39)41-21-17-37(18-22-41)38-19-23-42(24-20-38)56(40-15-11-8-12-16-40)44-26-30-52-48(34-44)50-36-46(60(4,5)6)28-32-54(50)58-52/h7-36H,1-6H3. The van der Waals surface area contributed by atoms with Crippen LogP contribution in [0.5, 0.6) is 0 Å². The van der Waals surface area contributed by atoms with Gasteiger partial charge in [0.05, 0.1) is 16.1 Å². The van der Waals surface area contributed by atoms with E-state index in [1.165, 1.54) is 21.1 Å². The van der Waals surface area contributed by atoms with E-state index in [1.807, 2.05) is 0 Å². The van der Waals surface area contributed by atoms with Gasteiger partial charge in [0.1, 0.15) is 22.3 Å². The molecule has 0 saturated heterocycles. The summed E-state index contributed by atoms with van der Waals surface area (Å²) < 4.78 is 12.7. The van der Waals surface area contributed by atoms with Crippen molar-refractivity contribution >= 4 is 105 Å². The van der Waals surface area contributed by atoms with Crippen molar-refractivity contribution in [3.63, 3.8) is 0 Å². The topological polar surface area (TPSA) is 32.8 Å². The van der Waals surface area contributed by atoms with Gasteiger partial charge in [-0.1, -0.05) is 135 Å². The number of rotatable bonds is 9. The summed E-state index contributed by atoms with van der Waals surface area (Å²) in [5, 5.41) is 7.49. The summed E-state index contributed by atoms with van der Waals surface area (Å²) in [5.41, 5.74) is 12.5. The summed E-state index contributed by atoms with van der Waals surface area (Å²) in [5.74, 6) is 0. The van der Waals surface area contributed by atoms with Gasteiger partial charge in [-0.15, -0.1) is 0 Å². The number of hydrogen-bond acceptors (Lipinski definition) is 4. The zero-order valence-electron chi connectivity index (χ0n) is 35.0. The fourth-order valence-electron chi connectivity index (χ4n) is 8.40. The molecular formula is C54H48N2O2Si2. The Kier molecular flexibility index (Phi) is 9.15. The molecule has 0 unspecified atom stereocenters. The lowest BCUT2D eigenvalue weighted by molar-refractivity contribution is 0.668. The number of benzene rings is 8. The van der Waals surface area contributed by atoms with Crippen LogP contribution in [0.25, 0.3) is 55.0 Å². The SMILES string of the molecule is C[Si](C)(C)c1ccc2oc3ccc(N(c4ccccc4)c4ccc(-c5ccc(N(c6ccccc6)c6ccc7oc8ccc([Si](C)(C)C)cc8c7c6)cc5)cc4)cc3c2c1. The van der Waals surface area contributed by atoms with Crippen LogP contribution >= 0.6 is 0 Å². The van der Waals surface area contributed by atoms with Gasteiger partial charge in [0.25, 0.3) is 0 Å². The zero-order chi connectivity index (χ0) is 41.2. The van der Waals surface area contributed by atoms with Gasteiger partial charge in [0, 0.05) is 55.7 Å². The van der Waals surface area contributed by atoms with E-state index in [1.54, 1.807) is 0 Å². The Balaban J connectivity index is 0.995. The van der Waals surface area contributed by atoms with Gasteiger partial charge in [-0.3, -0.25) is 0 Å². The third kappa shape index (κ3) is 6.91. The smallest absolute Gasteiger partial charge is 0.135 e. The highest BCUT2D eigenvalue weighted by Gasteiger charge is 2.22. The van der Waals surface area contributed by atoms with Gasteiger partial charge < -0.3 is 18.6 Å². The zero-order valence-corrected chi connectivity index (χ0v) is 37.0. The first-order valence-corrected chi connectivity index (χ1v) is 27.8. The van der Waals surface area contributed by atoms with Crippen molar-refractivity contribution in [3.8, 4) is 11.1 Å². The molecule has 0 aliphatic carbocycles. The third-order valence-electron chi connectivity index (χ3n) is 11.8. The van der Waals surface area contributed by atoms with Gasteiger partial charge in [0.2, 0.25) is 0 Å². The van der Waals surface area contributed by atoms with Crippen LogP contribution in [0.3, 0.4) is 0 Å². The van der Waals surface area contributed by atoms with Crippen molar-refractivity contribution in [3.05, 3.63) is 182 Å². The number of anilines is 6. The highest BCUT2D eigenvalue weighted by atomic mass is 28.3. The Labute approximate surface area is 354 Å². The molecule has 0 aliphatic heterocycles. The van der Waals surface area contributed by atoms with E-state index in [0.29, 0.717) is 0 Å². The van der Waals surface area contributed by atoms with Crippen LogP contribution in [-0.4, -0.2) is 16.1 Å². The highest BCUT2D eigenvalue weighted by Crippen LogP contribution is 2.41. The predicted octanol–water partition coefficient (Wildman–Crippen LogP) is 15.2. The Bertz CT molecular complexity index is 2940. The first kappa shape index (κ1) is 37.7. The van der Waals surface area contributed by atoms with Crippen molar-refractivity contribution in [2.45, 2.75) is 39.3 Å². The van der Waals surface area contributed by atoms with Crippen LogP contribution in [0.15, 0.2) is 191 Å². The van der Waals surface area contributed by atoms with Gasteiger partial charge in [-0.2, -0.15) is 0 Å². The molecule has 60 heavy (non-hydrogen) atoms. The van der Waals surface area contributed by atoms with Crippen molar-refractivity contribution in [1.29, 1.82) is 0 Å². The summed E-state index contributed by atoms with van der Waals surface area (Å²) in [4.78, 5) is 4.66. The second kappa shape index (κ2) is 14.6. The van der Waals surface area contributed by atoms with Crippen LogP contribution < -0.4 is 20.2 Å². The van der Waals surface area contributed by atoms with E-state index in [9.17, 15) is 0 Å². The summed E-state index contributed by atoms with van der Waals surface area (Å²) in [7, 11) is -3.01. The molecule has 294 valence electrons. The number of furan rings is 2. The van der Waals surface area contributed by atoms with Crippen molar-refractivity contribution in [2.75, 3.05) is 9.80 Å². The van der Waals surface area contributed by atoms with E-state index in [4.69, 9.17) is 8.83 Å². The number of para-hydroxylation sites is 2. The number of fused-ring (bicyclic) bond motifs is 6. The van der Waals surface area contributed by atoms with Crippen LogP contribution in [0.4, 0.5) is 34.1 Å². The van der Waals surface area contributed by atoms with Crippen molar-refractivity contribution < 1.29 is 8.83 Å². The minimum absolute atomic E-state index is 0.908. The molecule has 0 aliphatic rings. The molecule has 10 aromatic rings. The third-order valence-corrected chi connectivity index (χ3v) is 15.9. The number of hydrogen-bond donors (Lipinski definition) is 0. The fraction of sp³-hybridized carbons (Fsp3) is 0.111. The van der Waals surface area contributed by atoms with Gasteiger partial charge in [-0.05, 0) is 108 Å². The van der Waals surface area contributed by atoms with Crippen LogP contribution in [0, 0.1) is 0 Å². The molecule has 0 spiro atoms. The summed E-state index contributed by atoms with van der Waals surface area (Å²) in [6, 6.07) is 65.7. The quantitative estimate of drug-likeness (QED) is 0.136. The van der Waals surface area contributed by atoms with E-state index in [0.717, 1.165) is 78.4 Å².